The number of benzene rings is 1. The summed E-state index contributed by atoms with van der Waals surface area (Å²) in [6, 6.07) is 7.40. The van der Waals surface area contributed by atoms with Crippen molar-refractivity contribution in [2.24, 2.45) is 5.92 Å². The number of nitro groups is 1. The normalized spacial score (nSPS) is 10.9. The molecule has 0 fully saturated rings. The van der Waals surface area contributed by atoms with Crippen molar-refractivity contribution in [2.75, 3.05) is 13.1 Å². The van der Waals surface area contributed by atoms with Crippen LogP contribution in [0.4, 0.5) is 5.69 Å². The molecule has 150 valence electrons. The number of carbonyl (C=O) groups excluding carboxylic acids is 1. The van der Waals surface area contributed by atoms with E-state index in [4.69, 9.17) is 0 Å². The van der Waals surface area contributed by atoms with Crippen molar-refractivity contribution in [3.05, 3.63) is 62.1 Å². The van der Waals surface area contributed by atoms with Gasteiger partial charge in [0.25, 0.3) is 11.6 Å². The number of carbonyl (C=O) groups is 1. The molecule has 0 saturated carbocycles. The van der Waals surface area contributed by atoms with Gasteiger partial charge in [0, 0.05) is 30.9 Å². The van der Waals surface area contributed by atoms with Crippen LogP contribution in [0.2, 0.25) is 0 Å². The maximum absolute atomic E-state index is 13.0. The number of hydrogen-bond donors (Lipinski definition) is 0. The Hall–Kier alpha value is -3.03. The molecule has 1 amide bonds. The Labute approximate surface area is 163 Å². The van der Waals surface area contributed by atoms with E-state index in [0.717, 1.165) is 12.8 Å². The minimum atomic E-state index is -0.512. The standard InChI is InChI=1S/C20H26N4O4/c1-5-15(6-2)13-22(7-3)20(26)19-18(25)12-14(4)23(21-19)16-10-8-9-11-17(16)24(27)28/h8-12,15H,5-7,13H2,1-4H3. The molecule has 8 heteroatoms. The summed E-state index contributed by atoms with van der Waals surface area (Å²) in [5.74, 6) is -0.112. The monoisotopic (exact) mass is 386 g/mol. The number of nitro benzene ring substituents is 1. The van der Waals surface area contributed by atoms with Crippen LogP contribution in [0.3, 0.4) is 0 Å². The van der Waals surface area contributed by atoms with Gasteiger partial charge in [-0.3, -0.25) is 19.7 Å². The van der Waals surface area contributed by atoms with Crippen LogP contribution in [0.1, 0.15) is 49.8 Å². The van der Waals surface area contributed by atoms with Gasteiger partial charge in [-0.05, 0) is 25.8 Å². The van der Waals surface area contributed by atoms with E-state index >= 15 is 0 Å². The zero-order valence-electron chi connectivity index (χ0n) is 16.7. The van der Waals surface area contributed by atoms with E-state index in [2.05, 4.69) is 18.9 Å². The second-order valence-corrected chi connectivity index (χ2v) is 6.68. The van der Waals surface area contributed by atoms with Gasteiger partial charge in [-0.1, -0.05) is 38.8 Å². The fourth-order valence-electron chi connectivity index (χ4n) is 3.10. The smallest absolute Gasteiger partial charge is 0.294 e. The Kier molecular flexibility index (Phi) is 7.03. The van der Waals surface area contributed by atoms with E-state index in [1.807, 2.05) is 6.92 Å². The Morgan fingerprint density at radius 3 is 2.46 bits per heavy atom. The lowest BCUT2D eigenvalue weighted by molar-refractivity contribution is -0.384. The van der Waals surface area contributed by atoms with Gasteiger partial charge >= 0.3 is 0 Å². The largest absolute Gasteiger partial charge is 0.337 e. The predicted molar refractivity (Wildman–Crippen MR) is 107 cm³/mol. The topological polar surface area (TPSA) is 98.3 Å². The van der Waals surface area contributed by atoms with Gasteiger partial charge in [0.15, 0.2) is 5.69 Å². The molecule has 0 radical (unpaired) electrons. The molecular formula is C20H26N4O4. The third-order valence-electron chi connectivity index (χ3n) is 4.92. The van der Waals surface area contributed by atoms with Crippen LogP contribution in [0.25, 0.3) is 5.69 Å². The second kappa shape index (κ2) is 9.25. The number of amides is 1. The first-order valence-electron chi connectivity index (χ1n) is 9.47. The number of nitrogens with zero attached hydrogens (tertiary/aromatic N) is 4. The maximum Gasteiger partial charge on any atom is 0.294 e. The van der Waals surface area contributed by atoms with Gasteiger partial charge in [0.1, 0.15) is 5.69 Å². The summed E-state index contributed by atoms with van der Waals surface area (Å²) in [5.41, 5.74) is -0.234. The molecule has 1 heterocycles. The van der Waals surface area contributed by atoms with Crippen LogP contribution in [0, 0.1) is 23.0 Å². The van der Waals surface area contributed by atoms with Crippen molar-refractivity contribution in [2.45, 2.75) is 40.5 Å². The lowest BCUT2D eigenvalue weighted by Crippen LogP contribution is -2.39. The molecule has 0 aliphatic heterocycles. The van der Waals surface area contributed by atoms with Crippen LogP contribution < -0.4 is 5.43 Å². The van der Waals surface area contributed by atoms with E-state index in [-0.39, 0.29) is 17.1 Å². The molecule has 0 N–H and O–H groups in total. The fourth-order valence-corrected chi connectivity index (χ4v) is 3.10. The molecule has 8 nitrogen and oxygen atoms in total. The minimum Gasteiger partial charge on any atom is -0.337 e. The van der Waals surface area contributed by atoms with Crippen molar-refractivity contribution in [3.63, 3.8) is 0 Å². The molecular weight excluding hydrogens is 360 g/mol. The molecule has 1 aromatic carbocycles. The van der Waals surface area contributed by atoms with Crippen molar-refractivity contribution < 1.29 is 9.72 Å². The number of aromatic nitrogens is 2. The number of hydrogen-bond acceptors (Lipinski definition) is 5. The van der Waals surface area contributed by atoms with Crippen LogP contribution in [0.5, 0.6) is 0 Å². The Bertz CT molecular complexity index is 919. The number of para-hydroxylation sites is 2. The van der Waals surface area contributed by atoms with Crippen LogP contribution >= 0.6 is 0 Å². The van der Waals surface area contributed by atoms with E-state index in [1.165, 1.54) is 16.8 Å². The van der Waals surface area contributed by atoms with Gasteiger partial charge in [-0.25, -0.2) is 4.68 Å². The zero-order chi connectivity index (χ0) is 20.8. The molecule has 0 saturated heterocycles. The van der Waals surface area contributed by atoms with Gasteiger partial charge in [0.05, 0.1) is 4.92 Å². The maximum atomic E-state index is 13.0. The summed E-state index contributed by atoms with van der Waals surface area (Å²) in [4.78, 5) is 37.9. The number of rotatable bonds is 8. The van der Waals surface area contributed by atoms with E-state index < -0.39 is 16.3 Å². The first-order chi connectivity index (χ1) is 13.3. The first-order valence-corrected chi connectivity index (χ1v) is 9.47. The van der Waals surface area contributed by atoms with Crippen LogP contribution in [0.15, 0.2) is 35.1 Å². The highest BCUT2D eigenvalue weighted by Crippen LogP contribution is 2.22. The van der Waals surface area contributed by atoms with E-state index in [9.17, 15) is 19.7 Å². The Balaban J connectivity index is 2.53. The molecule has 1 aromatic heterocycles. The van der Waals surface area contributed by atoms with Gasteiger partial charge in [-0.15, -0.1) is 0 Å². The van der Waals surface area contributed by atoms with Crippen molar-refractivity contribution >= 4 is 11.6 Å². The summed E-state index contributed by atoms with van der Waals surface area (Å²) < 4.78 is 1.29. The summed E-state index contributed by atoms with van der Waals surface area (Å²) in [5, 5.41) is 15.6. The summed E-state index contributed by atoms with van der Waals surface area (Å²) in [6.45, 7) is 8.62. The SMILES string of the molecule is CCC(CC)CN(CC)C(=O)c1nn(-c2ccccc2[N+](=O)[O-])c(C)cc1=O. The second-order valence-electron chi connectivity index (χ2n) is 6.68. The van der Waals surface area contributed by atoms with E-state index in [0.29, 0.717) is 24.7 Å². The first kappa shape index (κ1) is 21.3. The average Bonchev–Trinajstić information content (AvgIpc) is 2.68. The Morgan fingerprint density at radius 1 is 1.25 bits per heavy atom. The molecule has 0 unspecified atom stereocenters. The molecule has 2 aromatic rings. The molecule has 28 heavy (non-hydrogen) atoms. The van der Waals surface area contributed by atoms with Crippen molar-refractivity contribution in [1.82, 2.24) is 14.7 Å². The average molecular weight is 386 g/mol. The highest BCUT2D eigenvalue weighted by molar-refractivity contribution is 5.92. The molecule has 0 bridgehead atoms. The highest BCUT2D eigenvalue weighted by Gasteiger charge is 2.24. The minimum absolute atomic E-state index is 0.149. The third kappa shape index (κ3) is 4.44. The van der Waals surface area contributed by atoms with Crippen LogP contribution in [-0.4, -0.2) is 38.6 Å². The van der Waals surface area contributed by atoms with Crippen molar-refractivity contribution in [3.8, 4) is 5.69 Å². The van der Waals surface area contributed by atoms with Gasteiger partial charge < -0.3 is 4.90 Å². The fraction of sp³-hybridized carbons (Fsp3) is 0.450. The lowest BCUT2D eigenvalue weighted by Gasteiger charge is -2.25. The molecule has 2 rings (SSSR count). The highest BCUT2D eigenvalue weighted by atomic mass is 16.6. The Morgan fingerprint density at radius 2 is 1.89 bits per heavy atom. The summed E-state index contributed by atoms with van der Waals surface area (Å²) >= 11 is 0. The molecule has 0 spiro atoms. The zero-order valence-corrected chi connectivity index (χ0v) is 16.7. The third-order valence-corrected chi connectivity index (χ3v) is 4.92. The van der Waals surface area contributed by atoms with Gasteiger partial charge in [-0.2, -0.15) is 5.10 Å². The summed E-state index contributed by atoms with van der Waals surface area (Å²) in [6.07, 6.45) is 1.87. The molecule has 0 aliphatic carbocycles. The van der Waals surface area contributed by atoms with Crippen LogP contribution in [-0.2, 0) is 0 Å². The van der Waals surface area contributed by atoms with Crippen molar-refractivity contribution in [1.29, 1.82) is 0 Å². The predicted octanol–water partition coefficient (Wildman–Crippen LogP) is 3.35. The molecule has 0 aliphatic rings. The number of aryl methyl sites for hydroxylation is 1. The lowest BCUT2D eigenvalue weighted by atomic mass is 10.0. The summed E-state index contributed by atoms with van der Waals surface area (Å²) in [7, 11) is 0. The van der Waals surface area contributed by atoms with E-state index in [1.54, 1.807) is 30.0 Å². The quantitative estimate of drug-likeness (QED) is 0.512. The van der Waals surface area contributed by atoms with Gasteiger partial charge in [0.2, 0.25) is 5.43 Å². The molecule has 0 atom stereocenters.